The average Bonchev–Trinajstić information content (AvgIpc) is 2.66. The largest absolute Gasteiger partial charge is 0.387 e. The Kier molecular flexibility index (Phi) is 4.14. The summed E-state index contributed by atoms with van der Waals surface area (Å²) in [5.41, 5.74) is 0.497. The lowest BCUT2D eigenvalue weighted by molar-refractivity contribution is 0.179. The number of thiophene rings is 1. The summed E-state index contributed by atoms with van der Waals surface area (Å²) < 4.78 is 46.6. The molecule has 0 radical (unpaired) electrons. The second kappa shape index (κ2) is 4.97. The lowest BCUT2D eigenvalue weighted by atomic mass is 10.2. The first-order valence-corrected chi connectivity index (χ1v) is 6.39. The minimum Gasteiger partial charge on any atom is -0.387 e. The summed E-state index contributed by atoms with van der Waals surface area (Å²) in [5, 5.41) is 12.7. The lowest BCUT2D eigenvalue weighted by Gasteiger charge is -2.10. The smallest absolute Gasteiger partial charge is 0.350 e. The molecule has 4 nitrogen and oxygen atoms in total. The van der Waals surface area contributed by atoms with E-state index in [9.17, 15) is 22.3 Å². The van der Waals surface area contributed by atoms with Gasteiger partial charge in [-0.15, -0.1) is 0 Å². The van der Waals surface area contributed by atoms with Crippen LogP contribution in [0.4, 0.5) is 8.78 Å². The quantitative estimate of drug-likeness (QED) is 0.824. The molecule has 0 aliphatic carbocycles. The molecule has 8 heteroatoms. The van der Waals surface area contributed by atoms with Gasteiger partial charge in [-0.1, -0.05) is 0 Å². The molecule has 0 aliphatic heterocycles. The van der Waals surface area contributed by atoms with Gasteiger partial charge < -0.3 is 5.11 Å². The van der Waals surface area contributed by atoms with Crippen LogP contribution in [-0.4, -0.2) is 25.8 Å². The van der Waals surface area contributed by atoms with Crippen molar-refractivity contribution in [3.63, 3.8) is 0 Å². The Labute approximate surface area is 89.6 Å². The number of aliphatic hydroxyl groups excluding tert-OH is 1. The van der Waals surface area contributed by atoms with Crippen LogP contribution in [0.15, 0.2) is 16.8 Å². The molecule has 0 spiro atoms. The van der Waals surface area contributed by atoms with Crippen molar-refractivity contribution in [3.05, 3.63) is 22.4 Å². The van der Waals surface area contributed by atoms with Crippen molar-refractivity contribution in [1.82, 2.24) is 4.72 Å². The minimum atomic E-state index is -4.62. The van der Waals surface area contributed by atoms with Crippen LogP contribution in [-0.2, 0) is 10.0 Å². The summed E-state index contributed by atoms with van der Waals surface area (Å²) in [5.74, 6) is -3.48. The van der Waals surface area contributed by atoms with Crippen molar-refractivity contribution >= 4 is 21.4 Å². The molecule has 2 N–H and O–H groups in total. The van der Waals surface area contributed by atoms with Gasteiger partial charge in [0.2, 0.25) is 0 Å². The Morgan fingerprint density at radius 2 is 2.20 bits per heavy atom. The van der Waals surface area contributed by atoms with Crippen molar-refractivity contribution < 1.29 is 22.3 Å². The predicted molar refractivity (Wildman–Crippen MR) is 52.2 cm³/mol. The Hall–Kier alpha value is -0.570. The molecule has 1 aromatic heterocycles. The number of sulfonamides is 1. The fourth-order valence-corrected chi connectivity index (χ4v) is 2.06. The summed E-state index contributed by atoms with van der Waals surface area (Å²) >= 11 is 1.32. The third-order valence-corrected chi connectivity index (χ3v) is 3.38. The van der Waals surface area contributed by atoms with Gasteiger partial charge in [-0.25, -0.2) is 13.1 Å². The van der Waals surface area contributed by atoms with E-state index in [0.29, 0.717) is 5.56 Å². The van der Waals surface area contributed by atoms with Crippen LogP contribution in [0.1, 0.15) is 11.7 Å². The first kappa shape index (κ1) is 12.5. The molecule has 1 aromatic rings. The third kappa shape index (κ3) is 3.49. The highest BCUT2D eigenvalue weighted by atomic mass is 32.2. The van der Waals surface area contributed by atoms with E-state index >= 15 is 0 Å². The highest BCUT2D eigenvalue weighted by Crippen LogP contribution is 2.15. The monoisotopic (exact) mass is 257 g/mol. The zero-order valence-corrected chi connectivity index (χ0v) is 9.06. The molecule has 0 saturated heterocycles. The molecule has 0 aromatic carbocycles. The van der Waals surface area contributed by atoms with Crippen LogP contribution >= 0.6 is 11.3 Å². The van der Waals surface area contributed by atoms with Gasteiger partial charge in [0, 0.05) is 6.54 Å². The maximum absolute atomic E-state index is 11.9. The van der Waals surface area contributed by atoms with E-state index in [1.54, 1.807) is 21.5 Å². The summed E-state index contributed by atoms with van der Waals surface area (Å²) in [6.45, 7) is -0.455. The van der Waals surface area contributed by atoms with Crippen LogP contribution < -0.4 is 4.72 Å². The number of aliphatic hydroxyl groups is 1. The van der Waals surface area contributed by atoms with Crippen LogP contribution in [0.3, 0.4) is 0 Å². The van der Waals surface area contributed by atoms with Crippen molar-refractivity contribution in [1.29, 1.82) is 0 Å². The van der Waals surface area contributed by atoms with Gasteiger partial charge in [-0.3, -0.25) is 0 Å². The molecule has 0 aliphatic rings. The van der Waals surface area contributed by atoms with E-state index in [1.807, 2.05) is 0 Å². The van der Waals surface area contributed by atoms with Gasteiger partial charge in [0.25, 0.3) is 10.0 Å². The normalized spacial score (nSPS) is 14.4. The zero-order chi connectivity index (χ0) is 11.5. The van der Waals surface area contributed by atoms with Crippen molar-refractivity contribution in [2.75, 3.05) is 6.54 Å². The first-order chi connectivity index (χ1) is 6.93. The number of hydrogen-bond donors (Lipinski definition) is 2. The molecular weight excluding hydrogens is 248 g/mol. The fraction of sp³-hybridized carbons (Fsp3) is 0.429. The Morgan fingerprint density at radius 1 is 1.53 bits per heavy atom. The number of nitrogens with one attached hydrogen (secondary N) is 1. The van der Waals surface area contributed by atoms with Gasteiger partial charge in [0.05, 0.1) is 6.10 Å². The molecule has 0 amide bonds. The average molecular weight is 257 g/mol. The molecule has 86 valence electrons. The Morgan fingerprint density at radius 3 is 2.67 bits per heavy atom. The molecule has 1 rings (SSSR count). The Balaban J connectivity index is 2.52. The molecule has 1 unspecified atom stereocenters. The van der Waals surface area contributed by atoms with E-state index in [0.717, 1.165) is 0 Å². The molecule has 15 heavy (non-hydrogen) atoms. The molecule has 0 saturated carbocycles. The van der Waals surface area contributed by atoms with E-state index in [2.05, 4.69) is 0 Å². The van der Waals surface area contributed by atoms with Gasteiger partial charge >= 0.3 is 5.76 Å². The van der Waals surface area contributed by atoms with Crippen molar-refractivity contribution in [3.8, 4) is 0 Å². The highest BCUT2D eigenvalue weighted by molar-refractivity contribution is 7.89. The topological polar surface area (TPSA) is 66.4 Å². The minimum absolute atomic E-state index is 0.455. The summed E-state index contributed by atoms with van der Waals surface area (Å²) in [4.78, 5) is 0. The van der Waals surface area contributed by atoms with Crippen molar-refractivity contribution in [2.45, 2.75) is 11.9 Å². The van der Waals surface area contributed by atoms with E-state index < -0.39 is 28.4 Å². The number of hydrogen-bond acceptors (Lipinski definition) is 4. The predicted octanol–water partition coefficient (Wildman–Crippen LogP) is 0.923. The van der Waals surface area contributed by atoms with Crippen LogP contribution in [0, 0.1) is 0 Å². The van der Waals surface area contributed by atoms with E-state index in [1.165, 1.54) is 11.3 Å². The molecule has 0 bridgehead atoms. The second-order valence-corrected chi connectivity index (χ2v) is 5.24. The van der Waals surface area contributed by atoms with Crippen molar-refractivity contribution in [2.24, 2.45) is 0 Å². The van der Waals surface area contributed by atoms with E-state index in [4.69, 9.17) is 0 Å². The SMILES string of the molecule is O=S(=O)(NCC(O)c1ccsc1)C(F)F. The number of halogens is 2. The van der Waals surface area contributed by atoms with Gasteiger partial charge in [-0.2, -0.15) is 20.1 Å². The molecule has 0 fully saturated rings. The maximum atomic E-state index is 11.9. The third-order valence-electron chi connectivity index (χ3n) is 1.64. The standard InChI is InChI=1S/C7H9F2NO3S2/c8-7(9)15(12,13)10-3-6(11)5-1-2-14-4-5/h1-2,4,6-7,10-11H,3H2. The maximum Gasteiger partial charge on any atom is 0.350 e. The summed E-state index contributed by atoms with van der Waals surface area (Å²) in [7, 11) is -4.62. The summed E-state index contributed by atoms with van der Waals surface area (Å²) in [6.07, 6.45) is -1.11. The van der Waals surface area contributed by atoms with Crippen LogP contribution in [0.25, 0.3) is 0 Å². The molecule has 1 heterocycles. The first-order valence-electron chi connectivity index (χ1n) is 3.90. The lowest BCUT2D eigenvalue weighted by Crippen LogP contribution is -2.32. The van der Waals surface area contributed by atoms with Crippen LogP contribution in [0.2, 0.25) is 0 Å². The van der Waals surface area contributed by atoms with Gasteiger partial charge in [0.1, 0.15) is 0 Å². The van der Waals surface area contributed by atoms with Gasteiger partial charge in [-0.05, 0) is 22.4 Å². The van der Waals surface area contributed by atoms with Crippen LogP contribution in [0.5, 0.6) is 0 Å². The zero-order valence-electron chi connectivity index (χ0n) is 7.43. The molecule has 1 atom stereocenters. The Bertz CT molecular complexity index is 390. The van der Waals surface area contributed by atoms with Gasteiger partial charge in [0.15, 0.2) is 0 Å². The number of rotatable bonds is 5. The number of alkyl halides is 2. The molecular formula is C7H9F2NO3S2. The van der Waals surface area contributed by atoms with E-state index in [-0.39, 0.29) is 0 Å². The summed E-state index contributed by atoms with van der Waals surface area (Å²) in [6, 6.07) is 1.59. The highest BCUT2D eigenvalue weighted by Gasteiger charge is 2.24. The second-order valence-electron chi connectivity index (χ2n) is 2.73. The fourth-order valence-electron chi connectivity index (χ4n) is 0.841.